The molecule has 5 heteroatoms. The number of nitrogen functional groups attached to an aromatic ring is 1. The lowest BCUT2D eigenvalue weighted by molar-refractivity contribution is -0.121. The van der Waals surface area contributed by atoms with Crippen LogP contribution in [-0.4, -0.2) is 24.5 Å². The molecule has 5 nitrogen and oxygen atoms in total. The van der Waals surface area contributed by atoms with Gasteiger partial charge in [-0.1, -0.05) is 20.8 Å². The third-order valence-corrected chi connectivity index (χ3v) is 4.00. The van der Waals surface area contributed by atoms with Gasteiger partial charge in [0.05, 0.1) is 12.8 Å². The van der Waals surface area contributed by atoms with Crippen LogP contribution >= 0.6 is 0 Å². The fourth-order valence-corrected chi connectivity index (χ4v) is 2.66. The largest absolute Gasteiger partial charge is 0.494 e. The van der Waals surface area contributed by atoms with Gasteiger partial charge in [-0.05, 0) is 38.8 Å². The summed E-state index contributed by atoms with van der Waals surface area (Å²) in [6.45, 7) is 8.87. The lowest BCUT2D eigenvalue weighted by Gasteiger charge is -2.16. The molecule has 1 aromatic carbocycles. The van der Waals surface area contributed by atoms with E-state index in [1.807, 2.05) is 20.8 Å². The summed E-state index contributed by atoms with van der Waals surface area (Å²) >= 11 is 0. The Morgan fingerprint density at radius 2 is 1.76 bits per heavy atom. The van der Waals surface area contributed by atoms with Crippen LogP contribution in [0, 0.1) is 5.92 Å². The van der Waals surface area contributed by atoms with Crippen LogP contribution in [0.2, 0.25) is 0 Å². The molecule has 25 heavy (non-hydrogen) atoms. The summed E-state index contributed by atoms with van der Waals surface area (Å²) in [7, 11) is 1.52. The van der Waals surface area contributed by atoms with Crippen LogP contribution in [0.15, 0.2) is 12.1 Å². The normalized spacial score (nSPS) is 11.1. The first-order chi connectivity index (χ1) is 11.8. The minimum absolute atomic E-state index is 0.0205. The molecule has 0 amide bonds. The first kappa shape index (κ1) is 22.8. The van der Waals surface area contributed by atoms with Crippen LogP contribution in [0.1, 0.15) is 69.8 Å². The molecule has 0 saturated carbocycles. The maximum absolute atomic E-state index is 12.6. The summed E-state index contributed by atoms with van der Waals surface area (Å²) < 4.78 is 5.30. The van der Waals surface area contributed by atoms with Crippen molar-refractivity contribution in [2.75, 3.05) is 12.8 Å². The van der Waals surface area contributed by atoms with E-state index < -0.39 is 5.92 Å². The maximum atomic E-state index is 12.6. The van der Waals surface area contributed by atoms with Crippen molar-refractivity contribution in [2.24, 2.45) is 5.92 Å². The first-order valence-corrected chi connectivity index (χ1v) is 8.80. The number of nitrogens with two attached hydrogens (primary N) is 1. The van der Waals surface area contributed by atoms with Gasteiger partial charge in [0.15, 0.2) is 5.78 Å². The lowest BCUT2D eigenvalue weighted by atomic mass is 9.88. The number of ether oxygens (including phenoxy) is 1. The molecule has 0 saturated heterocycles. The van der Waals surface area contributed by atoms with Gasteiger partial charge in [-0.2, -0.15) is 0 Å². The van der Waals surface area contributed by atoms with Gasteiger partial charge < -0.3 is 15.3 Å². The number of ketones is 3. The Morgan fingerprint density at radius 3 is 2.20 bits per heavy atom. The van der Waals surface area contributed by atoms with Gasteiger partial charge in [-0.15, -0.1) is 0 Å². The fraction of sp³-hybridized carbons (Fsp3) is 0.550. The highest BCUT2D eigenvalue weighted by Crippen LogP contribution is 2.31. The van der Waals surface area contributed by atoms with Crippen LogP contribution < -0.4 is 10.5 Å². The Bertz CT molecular complexity index is 608. The molecule has 0 aliphatic rings. The Kier molecular flexibility index (Phi) is 10.4. The third kappa shape index (κ3) is 6.69. The zero-order valence-electron chi connectivity index (χ0n) is 16.3. The molecule has 0 aliphatic heterocycles. The number of Topliss-reactive ketones (excluding diaryl/α,β-unsaturated/α-hetero) is 3. The molecule has 140 valence electrons. The van der Waals surface area contributed by atoms with E-state index in [1.54, 1.807) is 12.1 Å². The van der Waals surface area contributed by atoms with Crippen LogP contribution in [0.25, 0.3) is 0 Å². The predicted molar refractivity (Wildman–Crippen MR) is 101 cm³/mol. The highest BCUT2D eigenvalue weighted by molar-refractivity contribution is 6.01. The highest BCUT2D eigenvalue weighted by atomic mass is 16.5. The second-order valence-electron chi connectivity index (χ2n) is 5.74. The number of methoxy groups -OCH3 is 1. The molecule has 0 fully saturated rings. The van der Waals surface area contributed by atoms with Crippen molar-refractivity contribution in [1.29, 1.82) is 0 Å². The summed E-state index contributed by atoms with van der Waals surface area (Å²) in [6.07, 6.45) is 1.42. The fourth-order valence-electron chi connectivity index (χ4n) is 2.66. The molecule has 1 atom stereocenters. The van der Waals surface area contributed by atoms with Gasteiger partial charge in [-0.3, -0.25) is 9.59 Å². The highest BCUT2D eigenvalue weighted by Gasteiger charge is 2.23. The van der Waals surface area contributed by atoms with Crippen LogP contribution in [0.3, 0.4) is 0 Å². The Morgan fingerprint density at radius 1 is 1.16 bits per heavy atom. The molecule has 0 heterocycles. The number of anilines is 1. The molecule has 1 unspecified atom stereocenters. The third-order valence-electron chi connectivity index (χ3n) is 4.00. The molecule has 0 radical (unpaired) electrons. The minimum atomic E-state index is -0.431. The predicted octanol–water partition coefficient (Wildman–Crippen LogP) is 4.01. The SMILES string of the molecule is CC.CCc1c(C(=O)CC(CCC(C)=O)C(C)=O)ccc(N)c1OC. The minimum Gasteiger partial charge on any atom is -0.494 e. The topological polar surface area (TPSA) is 86.5 Å². The van der Waals surface area contributed by atoms with Crippen LogP contribution in [0.5, 0.6) is 5.75 Å². The molecular weight excluding hydrogens is 318 g/mol. The summed E-state index contributed by atoms with van der Waals surface area (Å²) in [5, 5.41) is 0. The molecule has 0 aromatic heterocycles. The Hall–Kier alpha value is -2.17. The number of hydrogen-bond acceptors (Lipinski definition) is 5. The van der Waals surface area contributed by atoms with E-state index in [1.165, 1.54) is 21.0 Å². The summed E-state index contributed by atoms with van der Waals surface area (Å²) in [4.78, 5) is 35.5. The van der Waals surface area contributed by atoms with Crippen LogP contribution in [0.4, 0.5) is 5.69 Å². The average Bonchev–Trinajstić information content (AvgIpc) is 2.59. The van der Waals surface area contributed by atoms with Crippen molar-refractivity contribution >= 4 is 23.0 Å². The van der Waals surface area contributed by atoms with Crippen molar-refractivity contribution in [3.05, 3.63) is 23.3 Å². The van der Waals surface area contributed by atoms with Gasteiger partial charge in [0, 0.05) is 29.9 Å². The molecule has 2 N–H and O–H groups in total. The van der Waals surface area contributed by atoms with Crippen molar-refractivity contribution in [1.82, 2.24) is 0 Å². The monoisotopic (exact) mass is 349 g/mol. The van der Waals surface area contributed by atoms with Gasteiger partial charge in [0.1, 0.15) is 17.3 Å². The van der Waals surface area contributed by atoms with Crippen molar-refractivity contribution in [3.63, 3.8) is 0 Å². The van der Waals surface area contributed by atoms with E-state index >= 15 is 0 Å². The summed E-state index contributed by atoms with van der Waals surface area (Å²) in [6, 6.07) is 3.32. The van der Waals surface area contributed by atoms with E-state index in [2.05, 4.69) is 0 Å². The quantitative estimate of drug-likeness (QED) is 0.537. The standard InChI is InChI=1S/C18H25NO4.C2H6/c1-5-14-15(8-9-16(19)18(14)23-4)17(22)10-13(12(3)21)7-6-11(2)20;1-2/h8-9,13H,5-7,10,19H2,1-4H3;1-2H3. The Labute approximate surface area is 150 Å². The molecule has 0 aliphatic carbocycles. The average molecular weight is 349 g/mol. The summed E-state index contributed by atoms with van der Waals surface area (Å²) in [5.41, 5.74) is 7.66. The van der Waals surface area contributed by atoms with E-state index in [0.717, 1.165) is 5.56 Å². The smallest absolute Gasteiger partial charge is 0.164 e. The zero-order chi connectivity index (χ0) is 19.6. The van der Waals surface area contributed by atoms with E-state index in [4.69, 9.17) is 10.5 Å². The number of rotatable bonds is 9. The lowest BCUT2D eigenvalue weighted by Crippen LogP contribution is -2.18. The van der Waals surface area contributed by atoms with E-state index in [0.29, 0.717) is 36.3 Å². The second kappa shape index (κ2) is 11.4. The van der Waals surface area contributed by atoms with Crippen LogP contribution in [-0.2, 0) is 16.0 Å². The zero-order valence-corrected chi connectivity index (χ0v) is 16.3. The first-order valence-electron chi connectivity index (χ1n) is 8.80. The van der Waals surface area contributed by atoms with Gasteiger partial charge in [0.25, 0.3) is 0 Å². The van der Waals surface area contributed by atoms with E-state index in [9.17, 15) is 14.4 Å². The van der Waals surface area contributed by atoms with Gasteiger partial charge >= 0.3 is 0 Å². The number of hydrogen-bond donors (Lipinski definition) is 1. The summed E-state index contributed by atoms with van der Waals surface area (Å²) in [5.74, 6) is -0.0859. The number of benzene rings is 1. The molecular formula is C20H31NO4. The molecule has 1 rings (SSSR count). The second-order valence-corrected chi connectivity index (χ2v) is 5.74. The number of carbonyl (C=O) groups excluding carboxylic acids is 3. The number of carbonyl (C=O) groups is 3. The molecule has 0 bridgehead atoms. The van der Waals surface area contributed by atoms with E-state index in [-0.39, 0.29) is 23.8 Å². The van der Waals surface area contributed by atoms with Crippen molar-refractivity contribution in [2.45, 2.75) is 60.3 Å². The Balaban J connectivity index is 0.00000277. The van der Waals surface area contributed by atoms with Gasteiger partial charge in [0.2, 0.25) is 0 Å². The van der Waals surface area contributed by atoms with Gasteiger partial charge in [-0.25, -0.2) is 0 Å². The van der Waals surface area contributed by atoms with Crippen molar-refractivity contribution in [3.8, 4) is 5.75 Å². The maximum Gasteiger partial charge on any atom is 0.164 e. The molecule has 1 aromatic rings. The molecule has 0 spiro atoms. The van der Waals surface area contributed by atoms with Crippen molar-refractivity contribution < 1.29 is 19.1 Å².